The number of nitrogens with zero attached hydrogens (tertiary/aromatic N) is 2. The molecule has 5 rings (SSSR count). The number of piperidine rings is 1. The highest BCUT2D eigenvalue weighted by Crippen LogP contribution is 2.39. The highest BCUT2D eigenvalue weighted by atomic mass is 35.5. The molecule has 2 aromatic rings. The van der Waals surface area contributed by atoms with Crippen LogP contribution in [0.1, 0.15) is 62.7 Å². The van der Waals surface area contributed by atoms with Crippen molar-refractivity contribution in [2.45, 2.75) is 82.1 Å². The molecule has 2 atom stereocenters. The third-order valence-corrected chi connectivity index (χ3v) is 7.37. The molecule has 1 aliphatic carbocycles. The quantitative estimate of drug-likeness (QED) is 0.594. The zero-order chi connectivity index (χ0) is 24.7. The van der Waals surface area contributed by atoms with Crippen LogP contribution in [0, 0.1) is 5.82 Å². The number of amides is 2. The summed E-state index contributed by atoms with van der Waals surface area (Å²) in [6, 6.07) is 8.78. The Balaban J connectivity index is 1.19. The van der Waals surface area contributed by atoms with Crippen LogP contribution in [0.25, 0.3) is 0 Å². The Morgan fingerprint density at radius 3 is 2.37 bits per heavy atom. The smallest absolute Gasteiger partial charge is 0.263 e. The average Bonchev–Trinajstić information content (AvgIpc) is 3.59. The minimum absolute atomic E-state index is 0.00694. The van der Waals surface area contributed by atoms with Gasteiger partial charge in [0.2, 0.25) is 0 Å². The van der Waals surface area contributed by atoms with Gasteiger partial charge in [-0.25, -0.2) is 9.37 Å². The van der Waals surface area contributed by atoms with Crippen molar-refractivity contribution in [2.24, 2.45) is 0 Å². The Morgan fingerprint density at radius 2 is 1.77 bits per heavy atom. The van der Waals surface area contributed by atoms with Crippen LogP contribution < -0.4 is 20.3 Å². The van der Waals surface area contributed by atoms with Gasteiger partial charge in [-0.15, -0.1) is 0 Å². The van der Waals surface area contributed by atoms with Crippen LogP contribution in [0.15, 0.2) is 36.5 Å². The van der Waals surface area contributed by atoms with Gasteiger partial charge in [-0.1, -0.05) is 11.6 Å². The molecule has 186 valence electrons. The summed E-state index contributed by atoms with van der Waals surface area (Å²) in [7, 11) is 0. The summed E-state index contributed by atoms with van der Waals surface area (Å²) in [4.78, 5) is 32.2. The van der Waals surface area contributed by atoms with E-state index in [2.05, 4.69) is 20.5 Å². The van der Waals surface area contributed by atoms with Crippen LogP contribution in [0.2, 0.25) is 5.02 Å². The first-order valence-electron chi connectivity index (χ1n) is 12.2. The van der Waals surface area contributed by atoms with E-state index in [1.54, 1.807) is 26.1 Å². The molecule has 2 aliphatic heterocycles. The van der Waals surface area contributed by atoms with E-state index in [1.807, 2.05) is 12.1 Å². The van der Waals surface area contributed by atoms with E-state index in [0.717, 1.165) is 44.3 Å². The van der Waals surface area contributed by atoms with Gasteiger partial charge in [-0.3, -0.25) is 9.59 Å². The van der Waals surface area contributed by atoms with E-state index >= 15 is 0 Å². The molecule has 1 aromatic heterocycles. The molecule has 2 N–H and O–H groups in total. The number of hydrogen-bond donors (Lipinski definition) is 2. The fourth-order valence-electron chi connectivity index (χ4n) is 5.08. The maximum Gasteiger partial charge on any atom is 0.263 e. The van der Waals surface area contributed by atoms with Gasteiger partial charge in [0.15, 0.2) is 5.60 Å². The van der Waals surface area contributed by atoms with Crippen LogP contribution >= 0.6 is 11.6 Å². The molecule has 0 spiro atoms. The first-order chi connectivity index (χ1) is 16.7. The normalized spacial score (nSPS) is 23.7. The predicted molar refractivity (Wildman–Crippen MR) is 131 cm³/mol. The molecule has 2 saturated heterocycles. The monoisotopic (exact) mass is 500 g/mol. The van der Waals surface area contributed by atoms with E-state index in [0.29, 0.717) is 11.6 Å². The zero-order valence-electron chi connectivity index (χ0n) is 19.9. The topological polar surface area (TPSA) is 83.6 Å². The summed E-state index contributed by atoms with van der Waals surface area (Å²) >= 11 is 5.74. The van der Waals surface area contributed by atoms with Gasteiger partial charge in [-0.05, 0) is 76.6 Å². The number of aromatic nitrogens is 1. The second-order valence-corrected chi connectivity index (χ2v) is 10.7. The summed E-state index contributed by atoms with van der Waals surface area (Å²) in [5, 5.41) is 6.14. The van der Waals surface area contributed by atoms with Crippen molar-refractivity contribution in [3.05, 3.63) is 52.9 Å². The van der Waals surface area contributed by atoms with Crippen LogP contribution in [0.5, 0.6) is 5.75 Å². The largest absolute Gasteiger partial charge is 0.478 e. The molecule has 7 nitrogen and oxygen atoms in total. The Morgan fingerprint density at radius 1 is 1.06 bits per heavy atom. The molecule has 3 fully saturated rings. The minimum Gasteiger partial charge on any atom is -0.478 e. The maximum absolute atomic E-state index is 13.8. The van der Waals surface area contributed by atoms with Gasteiger partial charge in [0.25, 0.3) is 11.8 Å². The van der Waals surface area contributed by atoms with Gasteiger partial charge >= 0.3 is 0 Å². The number of ether oxygens (including phenoxy) is 1. The number of anilines is 1. The Bertz CT molecular complexity index is 1110. The molecule has 1 saturated carbocycles. The number of halogens is 2. The Kier molecular flexibility index (Phi) is 6.34. The van der Waals surface area contributed by atoms with Gasteiger partial charge in [-0.2, -0.15) is 0 Å². The van der Waals surface area contributed by atoms with Crippen LogP contribution in [-0.2, 0) is 4.79 Å². The second kappa shape index (κ2) is 9.30. The first kappa shape index (κ1) is 23.9. The van der Waals surface area contributed by atoms with Crippen LogP contribution in [-0.4, -0.2) is 46.6 Å². The Labute approximate surface area is 209 Å². The lowest BCUT2D eigenvalue weighted by Crippen LogP contribution is -2.55. The Hall–Kier alpha value is -2.87. The molecule has 35 heavy (non-hydrogen) atoms. The lowest BCUT2D eigenvalue weighted by atomic mass is 9.96. The van der Waals surface area contributed by atoms with Crippen molar-refractivity contribution >= 4 is 29.2 Å². The molecule has 2 unspecified atom stereocenters. The van der Waals surface area contributed by atoms with Crippen molar-refractivity contribution in [1.82, 2.24) is 15.6 Å². The van der Waals surface area contributed by atoms with E-state index in [4.69, 9.17) is 16.3 Å². The van der Waals surface area contributed by atoms with E-state index < -0.39 is 11.4 Å². The van der Waals surface area contributed by atoms with Crippen molar-refractivity contribution < 1.29 is 18.7 Å². The van der Waals surface area contributed by atoms with Crippen molar-refractivity contribution in [3.8, 4) is 5.75 Å². The van der Waals surface area contributed by atoms with Crippen molar-refractivity contribution in [3.63, 3.8) is 0 Å². The molecule has 3 heterocycles. The molecular formula is C26H30ClFN4O3. The van der Waals surface area contributed by atoms with Crippen molar-refractivity contribution in [1.29, 1.82) is 0 Å². The van der Waals surface area contributed by atoms with Gasteiger partial charge in [0.1, 0.15) is 17.4 Å². The second-order valence-electron chi connectivity index (χ2n) is 10.3. The fourth-order valence-corrected chi connectivity index (χ4v) is 5.20. The molecule has 2 amide bonds. The number of nitrogens with one attached hydrogen (secondary N) is 2. The molecule has 3 aliphatic rings. The average molecular weight is 501 g/mol. The predicted octanol–water partition coefficient (Wildman–Crippen LogP) is 4.24. The summed E-state index contributed by atoms with van der Waals surface area (Å²) in [5.41, 5.74) is -0.590. The summed E-state index contributed by atoms with van der Waals surface area (Å²) in [5.74, 6) is 0.229. The van der Waals surface area contributed by atoms with E-state index in [-0.39, 0.29) is 40.7 Å². The molecule has 1 aromatic carbocycles. The van der Waals surface area contributed by atoms with Crippen LogP contribution in [0.4, 0.5) is 10.2 Å². The summed E-state index contributed by atoms with van der Waals surface area (Å²) < 4.78 is 19.6. The minimum atomic E-state index is -1.17. The van der Waals surface area contributed by atoms with Crippen molar-refractivity contribution in [2.75, 3.05) is 4.90 Å². The number of rotatable bonds is 7. The number of fused-ring (bicyclic) bond motifs is 2. The number of carbonyl (C=O) groups is 2. The number of hydrogen-bond acceptors (Lipinski definition) is 5. The standard InChI is InChI=1S/C26H30ClFN4O3/c1-26(2,35-20-8-9-21(27)22(28)13-20)25(34)31-17-11-18-6-7-19(12-17)32(18)23-10-3-15(14-29-23)24(33)30-16-4-5-16/h3,8-10,13-14,16-19H,4-7,11-12H2,1-2H3,(H,30,33)(H,31,34). The third kappa shape index (κ3) is 5.22. The van der Waals surface area contributed by atoms with Gasteiger partial charge < -0.3 is 20.3 Å². The lowest BCUT2D eigenvalue weighted by molar-refractivity contribution is -0.135. The SMILES string of the molecule is CC(C)(Oc1ccc(Cl)c(F)c1)C(=O)NC1CC2CCC(C1)N2c1ccc(C(=O)NC2CC2)cn1. The fraction of sp³-hybridized carbons (Fsp3) is 0.500. The molecule has 9 heteroatoms. The van der Waals surface area contributed by atoms with Crippen LogP contribution in [0.3, 0.4) is 0 Å². The zero-order valence-corrected chi connectivity index (χ0v) is 20.6. The molecular weight excluding hydrogens is 471 g/mol. The number of carbonyl (C=O) groups excluding carboxylic acids is 2. The summed E-state index contributed by atoms with van der Waals surface area (Å²) in [6.07, 6.45) is 7.43. The lowest BCUT2D eigenvalue weighted by Gasteiger charge is -2.40. The highest BCUT2D eigenvalue weighted by molar-refractivity contribution is 6.30. The van der Waals surface area contributed by atoms with E-state index in [1.165, 1.54) is 12.1 Å². The van der Waals surface area contributed by atoms with Gasteiger partial charge in [0.05, 0.1) is 10.6 Å². The van der Waals surface area contributed by atoms with Gasteiger partial charge in [0, 0.05) is 36.4 Å². The maximum atomic E-state index is 13.8. The highest BCUT2D eigenvalue weighted by Gasteiger charge is 2.43. The molecule has 0 radical (unpaired) electrons. The summed E-state index contributed by atoms with van der Waals surface area (Å²) in [6.45, 7) is 3.34. The third-order valence-electron chi connectivity index (χ3n) is 7.07. The molecule has 2 bridgehead atoms. The first-order valence-corrected chi connectivity index (χ1v) is 12.6. The number of benzene rings is 1. The number of pyridine rings is 1. The van der Waals surface area contributed by atoms with E-state index in [9.17, 15) is 14.0 Å².